The highest BCUT2D eigenvalue weighted by molar-refractivity contribution is 7.92. The zero-order chi connectivity index (χ0) is 11.9. The molecule has 0 bridgehead atoms. The minimum atomic E-state index is -2.84. The predicted molar refractivity (Wildman–Crippen MR) is 65.7 cm³/mol. The summed E-state index contributed by atoms with van der Waals surface area (Å²) in [6.07, 6.45) is 7.76. The fourth-order valence-electron chi connectivity index (χ4n) is 2.89. The van der Waals surface area contributed by atoms with Crippen LogP contribution in [0.2, 0.25) is 0 Å². The van der Waals surface area contributed by atoms with Gasteiger partial charge >= 0.3 is 0 Å². The molecule has 0 amide bonds. The fourth-order valence-corrected chi connectivity index (χ4v) is 4.74. The first-order valence-corrected chi connectivity index (χ1v) is 8.13. The molecule has 17 heavy (non-hydrogen) atoms. The summed E-state index contributed by atoms with van der Waals surface area (Å²) in [5.41, 5.74) is 0.970. The molecule has 1 atom stereocenters. The Morgan fingerprint density at radius 3 is 2.94 bits per heavy atom. The van der Waals surface area contributed by atoms with Crippen LogP contribution in [0.1, 0.15) is 37.2 Å². The molecule has 0 spiro atoms. The molecule has 4 nitrogen and oxygen atoms in total. The molecule has 0 saturated carbocycles. The molecule has 1 unspecified atom stereocenters. The lowest BCUT2D eigenvalue weighted by Gasteiger charge is -2.11. The molecule has 0 aromatic carbocycles. The average Bonchev–Trinajstić information content (AvgIpc) is 2.82. The summed E-state index contributed by atoms with van der Waals surface area (Å²) in [4.78, 5) is 4.58. The number of aryl methyl sites for hydroxylation is 2. The van der Waals surface area contributed by atoms with E-state index in [1.807, 2.05) is 0 Å². The van der Waals surface area contributed by atoms with Gasteiger partial charge in [-0.2, -0.15) is 0 Å². The second-order valence-corrected chi connectivity index (χ2v) is 7.53. The largest absolute Gasteiger partial charge is 0.335 e. The maximum Gasteiger partial charge on any atom is 0.153 e. The van der Waals surface area contributed by atoms with Crippen LogP contribution < -0.4 is 0 Å². The minimum Gasteiger partial charge on any atom is -0.335 e. The third-order valence-electron chi connectivity index (χ3n) is 3.86. The Balaban J connectivity index is 1.79. The van der Waals surface area contributed by atoms with Gasteiger partial charge < -0.3 is 4.57 Å². The number of hydrogen-bond acceptors (Lipinski definition) is 3. The summed E-state index contributed by atoms with van der Waals surface area (Å²) in [5.74, 6) is 1.51. The number of aromatic nitrogens is 2. The zero-order valence-electron chi connectivity index (χ0n) is 9.93. The van der Waals surface area contributed by atoms with Crippen LogP contribution in [-0.4, -0.2) is 29.0 Å². The van der Waals surface area contributed by atoms with Gasteiger partial charge in [0.2, 0.25) is 0 Å². The Kier molecular flexibility index (Phi) is 2.73. The van der Waals surface area contributed by atoms with Gasteiger partial charge in [-0.3, -0.25) is 0 Å². The standard InChI is InChI=1S/C12H18N2O2S/c15-17(16)7-3-4-11(17)8-10-9-14-6-2-1-5-12(14)13-10/h9,11H,1-8H2. The lowest BCUT2D eigenvalue weighted by Crippen LogP contribution is -2.18. The molecule has 1 saturated heterocycles. The van der Waals surface area contributed by atoms with Gasteiger partial charge in [0.05, 0.1) is 16.7 Å². The molecule has 3 rings (SSSR count). The van der Waals surface area contributed by atoms with Gasteiger partial charge in [0, 0.05) is 25.6 Å². The first kappa shape index (κ1) is 11.3. The van der Waals surface area contributed by atoms with Crippen molar-refractivity contribution in [2.24, 2.45) is 0 Å². The molecular weight excluding hydrogens is 236 g/mol. The van der Waals surface area contributed by atoms with E-state index >= 15 is 0 Å². The maximum atomic E-state index is 11.8. The first-order valence-electron chi connectivity index (χ1n) is 6.42. The number of nitrogens with zero attached hydrogens (tertiary/aromatic N) is 2. The van der Waals surface area contributed by atoms with E-state index in [4.69, 9.17) is 0 Å². The second kappa shape index (κ2) is 4.12. The summed E-state index contributed by atoms with van der Waals surface area (Å²) in [6, 6.07) is 0. The Morgan fingerprint density at radius 2 is 2.24 bits per heavy atom. The van der Waals surface area contributed by atoms with E-state index in [1.165, 1.54) is 12.8 Å². The normalized spacial score (nSPS) is 26.9. The van der Waals surface area contributed by atoms with Crippen LogP contribution in [0.3, 0.4) is 0 Å². The van der Waals surface area contributed by atoms with Crippen LogP contribution in [0, 0.1) is 0 Å². The molecule has 2 aliphatic rings. The molecular formula is C12H18N2O2S. The van der Waals surface area contributed by atoms with Crippen molar-refractivity contribution < 1.29 is 8.42 Å². The van der Waals surface area contributed by atoms with E-state index in [0.29, 0.717) is 12.2 Å². The first-order chi connectivity index (χ1) is 8.15. The molecule has 3 heterocycles. The lowest BCUT2D eigenvalue weighted by atomic mass is 10.2. The Morgan fingerprint density at radius 1 is 1.35 bits per heavy atom. The van der Waals surface area contributed by atoms with Crippen LogP contribution in [0.4, 0.5) is 0 Å². The number of fused-ring (bicyclic) bond motifs is 1. The summed E-state index contributed by atoms with van der Waals surface area (Å²) in [6.45, 7) is 1.04. The number of hydrogen-bond donors (Lipinski definition) is 0. The van der Waals surface area contributed by atoms with Crippen LogP contribution in [0.5, 0.6) is 0 Å². The van der Waals surface area contributed by atoms with Crippen LogP contribution >= 0.6 is 0 Å². The SMILES string of the molecule is O=S1(=O)CCCC1Cc1cn2c(n1)CCCC2. The van der Waals surface area contributed by atoms with E-state index in [2.05, 4.69) is 15.7 Å². The van der Waals surface area contributed by atoms with Crippen molar-refractivity contribution in [3.63, 3.8) is 0 Å². The van der Waals surface area contributed by atoms with Crippen molar-refractivity contribution in [2.75, 3.05) is 5.75 Å². The van der Waals surface area contributed by atoms with Crippen molar-refractivity contribution in [1.29, 1.82) is 0 Å². The van der Waals surface area contributed by atoms with Crippen molar-refractivity contribution in [2.45, 2.75) is 50.3 Å². The van der Waals surface area contributed by atoms with E-state index in [1.54, 1.807) is 0 Å². The molecule has 0 radical (unpaired) electrons. The van der Waals surface area contributed by atoms with E-state index in [9.17, 15) is 8.42 Å². The molecule has 1 aromatic heterocycles. The highest BCUT2D eigenvalue weighted by atomic mass is 32.2. The zero-order valence-corrected chi connectivity index (χ0v) is 10.7. The van der Waals surface area contributed by atoms with Crippen molar-refractivity contribution in [3.8, 4) is 0 Å². The summed E-state index contributed by atoms with van der Waals surface area (Å²) < 4.78 is 25.7. The maximum absolute atomic E-state index is 11.8. The highest BCUT2D eigenvalue weighted by Gasteiger charge is 2.32. The Labute approximate surface area is 102 Å². The van der Waals surface area contributed by atoms with Gasteiger partial charge in [0.25, 0.3) is 0 Å². The molecule has 0 N–H and O–H groups in total. The molecule has 2 aliphatic heterocycles. The average molecular weight is 254 g/mol. The van der Waals surface area contributed by atoms with E-state index < -0.39 is 9.84 Å². The van der Waals surface area contributed by atoms with Gasteiger partial charge in [0.1, 0.15) is 5.82 Å². The quantitative estimate of drug-likeness (QED) is 0.800. The molecule has 5 heteroatoms. The second-order valence-electron chi connectivity index (χ2n) is 5.13. The predicted octanol–water partition coefficient (Wildman–Crippen LogP) is 1.34. The fraction of sp³-hybridized carbons (Fsp3) is 0.750. The van der Waals surface area contributed by atoms with Gasteiger partial charge in [-0.15, -0.1) is 0 Å². The highest BCUT2D eigenvalue weighted by Crippen LogP contribution is 2.24. The van der Waals surface area contributed by atoms with Crippen LogP contribution in [0.15, 0.2) is 6.20 Å². The summed E-state index contributed by atoms with van der Waals surface area (Å²) >= 11 is 0. The number of sulfone groups is 1. The van der Waals surface area contributed by atoms with Gasteiger partial charge in [-0.05, 0) is 25.7 Å². The Hall–Kier alpha value is -0.840. The van der Waals surface area contributed by atoms with Gasteiger partial charge in [-0.25, -0.2) is 13.4 Å². The molecule has 1 fully saturated rings. The smallest absolute Gasteiger partial charge is 0.153 e. The number of rotatable bonds is 2. The molecule has 0 aliphatic carbocycles. The van der Waals surface area contributed by atoms with Crippen molar-refractivity contribution >= 4 is 9.84 Å². The van der Waals surface area contributed by atoms with Crippen LogP contribution in [0.25, 0.3) is 0 Å². The summed E-state index contributed by atoms with van der Waals surface area (Å²) in [5, 5.41) is -0.181. The lowest BCUT2D eigenvalue weighted by molar-refractivity contribution is 0.522. The molecule has 94 valence electrons. The summed E-state index contributed by atoms with van der Waals surface area (Å²) in [7, 11) is -2.84. The van der Waals surface area contributed by atoms with Crippen molar-refractivity contribution in [1.82, 2.24) is 9.55 Å². The van der Waals surface area contributed by atoms with E-state index in [-0.39, 0.29) is 5.25 Å². The Bertz CT molecular complexity index is 495. The van der Waals surface area contributed by atoms with Gasteiger partial charge in [-0.1, -0.05) is 0 Å². The minimum absolute atomic E-state index is 0.181. The molecule has 1 aromatic rings. The number of imidazole rings is 1. The van der Waals surface area contributed by atoms with Crippen molar-refractivity contribution in [3.05, 3.63) is 17.7 Å². The van der Waals surface area contributed by atoms with E-state index in [0.717, 1.165) is 37.3 Å². The van der Waals surface area contributed by atoms with Crippen LogP contribution in [-0.2, 0) is 29.2 Å². The topological polar surface area (TPSA) is 52.0 Å². The monoisotopic (exact) mass is 254 g/mol. The third kappa shape index (κ3) is 2.12. The van der Waals surface area contributed by atoms with Gasteiger partial charge in [0.15, 0.2) is 9.84 Å². The third-order valence-corrected chi connectivity index (χ3v) is 6.13.